The molecule has 3 atom stereocenters. The number of nitrogens with one attached hydrogen (secondary N) is 1. The van der Waals surface area contributed by atoms with Gasteiger partial charge in [-0.15, -0.1) is 0 Å². The second-order valence-electron chi connectivity index (χ2n) is 4.69. The summed E-state index contributed by atoms with van der Waals surface area (Å²) in [4.78, 5) is 0. The van der Waals surface area contributed by atoms with Crippen molar-refractivity contribution >= 4 is 0 Å². The highest BCUT2D eigenvalue weighted by atomic mass is 16.5. The smallest absolute Gasteiger partial charge is 0.0618 e. The van der Waals surface area contributed by atoms with Crippen LogP contribution < -0.4 is 5.32 Å². The molecular formula is C12H25NO. The second-order valence-corrected chi connectivity index (χ2v) is 4.69. The van der Waals surface area contributed by atoms with Gasteiger partial charge in [-0.3, -0.25) is 0 Å². The molecule has 0 aromatic carbocycles. The normalized spacial score (nSPS) is 29.4. The first-order chi connectivity index (χ1) is 6.77. The van der Waals surface area contributed by atoms with Crippen molar-refractivity contribution in [2.24, 2.45) is 11.8 Å². The number of hydrogen-bond acceptors (Lipinski definition) is 2. The maximum atomic E-state index is 5.29. The van der Waals surface area contributed by atoms with Gasteiger partial charge in [-0.1, -0.05) is 20.3 Å². The Morgan fingerprint density at radius 3 is 2.71 bits per heavy atom. The van der Waals surface area contributed by atoms with Crippen molar-refractivity contribution in [3.05, 3.63) is 0 Å². The molecule has 0 bridgehead atoms. The van der Waals surface area contributed by atoms with E-state index in [4.69, 9.17) is 4.74 Å². The molecule has 1 rings (SSSR count). The van der Waals surface area contributed by atoms with Crippen molar-refractivity contribution in [1.82, 2.24) is 5.32 Å². The molecule has 0 aromatic heterocycles. The highest BCUT2D eigenvalue weighted by Crippen LogP contribution is 2.32. The SMILES string of the molecule is CCCNC(COC)C1CCC(C)C1. The Hall–Kier alpha value is -0.0800. The zero-order valence-electron chi connectivity index (χ0n) is 9.88. The predicted molar refractivity (Wildman–Crippen MR) is 60.5 cm³/mol. The summed E-state index contributed by atoms with van der Waals surface area (Å²) in [6, 6.07) is 0.588. The van der Waals surface area contributed by atoms with Gasteiger partial charge >= 0.3 is 0 Å². The van der Waals surface area contributed by atoms with Crippen LogP contribution in [-0.4, -0.2) is 26.3 Å². The summed E-state index contributed by atoms with van der Waals surface area (Å²) in [6.07, 6.45) is 5.37. The van der Waals surface area contributed by atoms with E-state index in [2.05, 4.69) is 19.2 Å². The van der Waals surface area contributed by atoms with Gasteiger partial charge in [0, 0.05) is 13.2 Å². The van der Waals surface area contributed by atoms with Gasteiger partial charge in [-0.2, -0.15) is 0 Å². The van der Waals surface area contributed by atoms with Crippen molar-refractivity contribution in [2.75, 3.05) is 20.3 Å². The van der Waals surface area contributed by atoms with E-state index in [1.54, 1.807) is 7.11 Å². The fraction of sp³-hybridized carbons (Fsp3) is 1.00. The molecule has 0 heterocycles. The Morgan fingerprint density at radius 2 is 2.21 bits per heavy atom. The van der Waals surface area contributed by atoms with Gasteiger partial charge in [0.05, 0.1) is 6.61 Å². The first-order valence-electron chi connectivity index (χ1n) is 6.00. The van der Waals surface area contributed by atoms with Gasteiger partial charge in [0.2, 0.25) is 0 Å². The summed E-state index contributed by atoms with van der Waals surface area (Å²) < 4.78 is 5.29. The summed E-state index contributed by atoms with van der Waals surface area (Å²) in [5.74, 6) is 1.76. The quantitative estimate of drug-likeness (QED) is 0.709. The van der Waals surface area contributed by atoms with E-state index < -0.39 is 0 Å². The van der Waals surface area contributed by atoms with Crippen LogP contribution in [0.2, 0.25) is 0 Å². The standard InChI is InChI=1S/C12H25NO/c1-4-7-13-12(9-14-3)11-6-5-10(2)8-11/h10-13H,4-9H2,1-3H3. The van der Waals surface area contributed by atoms with Crippen LogP contribution in [-0.2, 0) is 4.74 Å². The number of rotatable bonds is 6. The molecule has 1 aliphatic carbocycles. The molecule has 2 heteroatoms. The van der Waals surface area contributed by atoms with E-state index in [1.807, 2.05) is 0 Å². The van der Waals surface area contributed by atoms with E-state index in [9.17, 15) is 0 Å². The van der Waals surface area contributed by atoms with Crippen LogP contribution in [0.25, 0.3) is 0 Å². The molecule has 0 amide bonds. The summed E-state index contributed by atoms with van der Waals surface area (Å²) in [5, 5.41) is 3.61. The van der Waals surface area contributed by atoms with Crippen molar-refractivity contribution in [1.29, 1.82) is 0 Å². The second kappa shape index (κ2) is 6.41. The molecule has 1 aliphatic rings. The molecule has 1 saturated carbocycles. The van der Waals surface area contributed by atoms with Crippen LogP contribution in [0.3, 0.4) is 0 Å². The average Bonchev–Trinajstić information content (AvgIpc) is 2.59. The zero-order valence-corrected chi connectivity index (χ0v) is 9.88. The van der Waals surface area contributed by atoms with Crippen molar-refractivity contribution in [3.8, 4) is 0 Å². The molecule has 1 N–H and O–H groups in total. The molecule has 14 heavy (non-hydrogen) atoms. The van der Waals surface area contributed by atoms with E-state index in [-0.39, 0.29) is 0 Å². The summed E-state index contributed by atoms with van der Waals surface area (Å²) >= 11 is 0. The van der Waals surface area contributed by atoms with Crippen LogP contribution in [0.15, 0.2) is 0 Å². The van der Waals surface area contributed by atoms with Gasteiger partial charge in [0.25, 0.3) is 0 Å². The lowest BCUT2D eigenvalue weighted by Crippen LogP contribution is -2.39. The Morgan fingerprint density at radius 1 is 1.43 bits per heavy atom. The molecule has 0 aromatic rings. The van der Waals surface area contributed by atoms with E-state index in [0.29, 0.717) is 6.04 Å². The van der Waals surface area contributed by atoms with Crippen LogP contribution in [0.5, 0.6) is 0 Å². The zero-order chi connectivity index (χ0) is 10.4. The highest BCUT2D eigenvalue weighted by Gasteiger charge is 2.28. The third-order valence-electron chi connectivity index (χ3n) is 3.31. The summed E-state index contributed by atoms with van der Waals surface area (Å²) in [6.45, 7) is 6.58. The molecular weight excluding hydrogens is 174 g/mol. The lowest BCUT2D eigenvalue weighted by Gasteiger charge is -2.24. The molecule has 0 saturated heterocycles. The van der Waals surface area contributed by atoms with E-state index in [0.717, 1.165) is 25.0 Å². The van der Waals surface area contributed by atoms with Crippen LogP contribution in [0.1, 0.15) is 39.5 Å². The molecule has 0 spiro atoms. The van der Waals surface area contributed by atoms with Crippen molar-refractivity contribution in [2.45, 2.75) is 45.6 Å². The topological polar surface area (TPSA) is 21.3 Å². The molecule has 1 fully saturated rings. The molecule has 3 unspecified atom stereocenters. The third-order valence-corrected chi connectivity index (χ3v) is 3.31. The predicted octanol–water partition coefficient (Wildman–Crippen LogP) is 2.44. The van der Waals surface area contributed by atoms with Gasteiger partial charge in [-0.25, -0.2) is 0 Å². The largest absolute Gasteiger partial charge is 0.383 e. The maximum absolute atomic E-state index is 5.29. The summed E-state index contributed by atoms with van der Waals surface area (Å²) in [7, 11) is 1.80. The minimum absolute atomic E-state index is 0.588. The van der Waals surface area contributed by atoms with E-state index in [1.165, 1.54) is 25.7 Å². The Bertz CT molecular complexity index is 149. The van der Waals surface area contributed by atoms with Crippen LogP contribution in [0, 0.1) is 11.8 Å². The number of methoxy groups -OCH3 is 1. The van der Waals surface area contributed by atoms with Gasteiger partial charge in [-0.05, 0) is 37.6 Å². The minimum atomic E-state index is 0.588. The lowest BCUT2D eigenvalue weighted by atomic mass is 9.97. The number of hydrogen-bond donors (Lipinski definition) is 1. The highest BCUT2D eigenvalue weighted by molar-refractivity contribution is 4.83. The molecule has 84 valence electrons. The maximum Gasteiger partial charge on any atom is 0.0618 e. The summed E-state index contributed by atoms with van der Waals surface area (Å²) in [5.41, 5.74) is 0. The lowest BCUT2D eigenvalue weighted by molar-refractivity contribution is 0.139. The van der Waals surface area contributed by atoms with Gasteiger partial charge < -0.3 is 10.1 Å². The average molecular weight is 199 g/mol. The monoisotopic (exact) mass is 199 g/mol. The van der Waals surface area contributed by atoms with Crippen LogP contribution in [0.4, 0.5) is 0 Å². The fourth-order valence-electron chi connectivity index (χ4n) is 2.49. The Kier molecular flexibility index (Phi) is 5.49. The molecule has 2 nitrogen and oxygen atoms in total. The fourth-order valence-corrected chi connectivity index (χ4v) is 2.49. The minimum Gasteiger partial charge on any atom is -0.383 e. The van der Waals surface area contributed by atoms with Gasteiger partial charge in [0.15, 0.2) is 0 Å². The Balaban J connectivity index is 2.33. The first-order valence-corrected chi connectivity index (χ1v) is 6.00. The van der Waals surface area contributed by atoms with Crippen molar-refractivity contribution < 1.29 is 4.74 Å². The molecule has 0 aliphatic heterocycles. The third kappa shape index (κ3) is 3.58. The van der Waals surface area contributed by atoms with Gasteiger partial charge in [0.1, 0.15) is 0 Å². The number of ether oxygens (including phenoxy) is 1. The first kappa shape index (κ1) is 12.0. The van der Waals surface area contributed by atoms with Crippen molar-refractivity contribution in [3.63, 3.8) is 0 Å². The Labute approximate surface area is 88.4 Å². The van der Waals surface area contributed by atoms with E-state index >= 15 is 0 Å². The molecule has 0 radical (unpaired) electrons. The van der Waals surface area contributed by atoms with Crippen LogP contribution >= 0.6 is 0 Å².